The summed E-state index contributed by atoms with van der Waals surface area (Å²) in [6, 6.07) is 5.22. The van der Waals surface area contributed by atoms with Crippen LogP contribution in [0.25, 0.3) is 0 Å². The number of alkyl halides is 3. The van der Waals surface area contributed by atoms with Crippen molar-refractivity contribution in [1.29, 1.82) is 0 Å². The van der Waals surface area contributed by atoms with Crippen molar-refractivity contribution in [2.75, 3.05) is 44.2 Å². The number of rotatable bonds is 6. The lowest BCUT2D eigenvalue weighted by Crippen LogP contribution is -2.49. The van der Waals surface area contributed by atoms with Gasteiger partial charge in [0, 0.05) is 51.4 Å². The first kappa shape index (κ1) is 23.3. The molecule has 4 rings (SSSR count). The molecule has 2 atom stereocenters. The molecular weight excluding hydrogens is 423 g/mol. The van der Waals surface area contributed by atoms with Crippen LogP contribution in [-0.2, 0) is 11.0 Å². The second-order valence-corrected chi connectivity index (χ2v) is 9.41. The van der Waals surface area contributed by atoms with Crippen LogP contribution in [0.3, 0.4) is 0 Å². The molecule has 6 nitrogen and oxygen atoms in total. The Kier molecular flexibility index (Phi) is 6.70. The average Bonchev–Trinajstić information content (AvgIpc) is 3.56. The quantitative estimate of drug-likeness (QED) is 0.691. The number of amides is 1. The van der Waals surface area contributed by atoms with E-state index >= 15 is 0 Å². The number of hydrogen-bond acceptors (Lipinski definition) is 5. The molecule has 1 unspecified atom stereocenters. The normalized spacial score (nSPS) is 25.2. The van der Waals surface area contributed by atoms with Gasteiger partial charge in [0.1, 0.15) is 6.23 Å². The predicted molar refractivity (Wildman–Crippen MR) is 114 cm³/mol. The third-order valence-corrected chi connectivity index (χ3v) is 7.34. The molecule has 2 aliphatic heterocycles. The first-order valence-electron chi connectivity index (χ1n) is 11.5. The van der Waals surface area contributed by atoms with Gasteiger partial charge >= 0.3 is 6.18 Å². The number of piperidine rings is 1. The first-order chi connectivity index (χ1) is 15.2. The van der Waals surface area contributed by atoms with Gasteiger partial charge in [0.15, 0.2) is 0 Å². The van der Waals surface area contributed by atoms with E-state index in [-0.39, 0.29) is 23.8 Å². The number of anilines is 1. The number of halogens is 3. The lowest BCUT2D eigenvalue weighted by Gasteiger charge is -2.39. The second-order valence-electron chi connectivity index (χ2n) is 9.41. The van der Waals surface area contributed by atoms with Gasteiger partial charge in [-0.2, -0.15) is 13.2 Å². The van der Waals surface area contributed by atoms with Gasteiger partial charge in [-0.05, 0) is 55.7 Å². The van der Waals surface area contributed by atoms with E-state index in [0.717, 1.165) is 37.9 Å². The van der Waals surface area contributed by atoms with E-state index in [0.29, 0.717) is 51.3 Å². The number of β-amino-alcohol motifs (C(OH)–C–C–N with tert-alkyl or cyclic N) is 1. The molecule has 32 heavy (non-hydrogen) atoms. The van der Waals surface area contributed by atoms with Crippen LogP contribution in [-0.4, -0.2) is 77.5 Å². The molecule has 3 fully saturated rings. The highest BCUT2D eigenvalue weighted by Gasteiger charge is 2.51. The monoisotopic (exact) mass is 455 g/mol. The molecule has 1 spiro atoms. The Morgan fingerprint density at radius 3 is 2.59 bits per heavy atom. The summed E-state index contributed by atoms with van der Waals surface area (Å²) in [6.45, 7) is 3.08. The van der Waals surface area contributed by atoms with E-state index in [1.165, 1.54) is 6.07 Å². The summed E-state index contributed by atoms with van der Waals surface area (Å²) >= 11 is 0. The van der Waals surface area contributed by atoms with Crippen LogP contribution in [0.1, 0.15) is 44.1 Å². The van der Waals surface area contributed by atoms with Gasteiger partial charge in [-0.25, -0.2) is 0 Å². The molecule has 3 aliphatic rings. The van der Waals surface area contributed by atoms with Crippen LogP contribution in [0.5, 0.6) is 0 Å². The minimum absolute atomic E-state index is 0.0157. The average molecular weight is 456 g/mol. The van der Waals surface area contributed by atoms with E-state index in [9.17, 15) is 28.2 Å². The molecule has 2 saturated heterocycles. The fourth-order valence-corrected chi connectivity index (χ4v) is 4.94. The second kappa shape index (κ2) is 9.19. The van der Waals surface area contributed by atoms with E-state index in [2.05, 4.69) is 0 Å². The van der Waals surface area contributed by atoms with E-state index in [1.807, 2.05) is 9.80 Å². The number of hydrogen-bond donors (Lipinski definition) is 2. The number of benzene rings is 1. The first-order valence-corrected chi connectivity index (χ1v) is 11.5. The lowest BCUT2D eigenvalue weighted by atomic mass is 9.90. The highest BCUT2D eigenvalue weighted by molar-refractivity contribution is 5.77. The number of carbonyl (C=O) groups is 1. The van der Waals surface area contributed by atoms with Crippen LogP contribution in [0, 0.1) is 5.41 Å². The van der Waals surface area contributed by atoms with Gasteiger partial charge in [-0.15, -0.1) is 0 Å². The fourth-order valence-electron chi connectivity index (χ4n) is 4.94. The van der Waals surface area contributed by atoms with E-state index in [1.54, 1.807) is 11.0 Å². The zero-order valence-corrected chi connectivity index (χ0v) is 18.2. The summed E-state index contributed by atoms with van der Waals surface area (Å²) in [7, 11) is 0. The zero-order chi connectivity index (χ0) is 22.9. The maximum atomic E-state index is 13.0. The third kappa shape index (κ3) is 5.21. The number of aliphatic hydroxyl groups is 2. The van der Waals surface area contributed by atoms with E-state index in [4.69, 9.17) is 0 Å². The smallest absolute Gasteiger partial charge is 0.391 e. The van der Waals surface area contributed by atoms with Crippen molar-refractivity contribution in [2.45, 2.75) is 57.0 Å². The molecule has 0 aromatic heterocycles. The van der Waals surface area contributed by atoms with Gasteiger partial charge < -0.3 is 20.0 Å². The van der Waals surface area contributed by atoms with Crippen molar-refractivity contribution in [3.63, 3.8) is 0 Å². The molecule has 1 aliphatic carbocycles. The molecule has 1 saturated carbocycles. The maximum absolute atomic E-state index is 13.0. The van der Waals surface area contributed by atoms with Crippen molar-refractivity contribution in [2.24, 2.45) is 5.41 Å². The highest BCUT2D eigenvalue weighted by atomic mass is 19.4. The molecular formula is C23H32F3N3O3. The Morgan fingerprint density at radius 1 is 1.12 bits per heavy atom. The van der Waals surface area contributed by atoms with Crippen LogP contribution in [0.4, 0.5) is 18.9 Å². The minimum Gasteiger partial charge on any atom is -0.391 e. The highest BCUT2D eigenvalue weighted by Crippen LogP contribution is 2.53. The van der Waals surface area contributed by atoms with Gasteiger partial charge in [0.05, 0.1) is 11.7 Å². The summed E-state index contributed by atoms with van der Waals surface area (Å²) in [5, 5.41) is 20.8. The summed E-state index contributed by atoms with van der Waals surface area (Å²) in [5.41, 5.74) is -0.117. The molecule has 2 N–H and O–H groups in total. The van der Waals surface area contributed by atoms with Gasteiger partial charge in [-0.1, -0.05) is 6.07 Å². The van der Waals surface area contributed by atoms with E-state index < -0.39 is 18.0 Å². The van der Waals surface area contributed by atoms with Crippen molar-refractivity contribution in [3.05, 3.63) is 29.8 Å². The van der Waals surface area contributed by atoms with Gasteiger partial charge in [0.2, 0.25) is 5.91 Å². The van der Waals surface area contributed by atoms with Crippen LogP contribution < -0.4 is 4.90 Å². The SMILES string of the molecule is O=C1CCN(c2cccc(C(F)(F)F)c2)CCN1CCCC(O)N1CCC2(CC2)[C@H](O)C1. The van der Waals surface area contributed by atoms with Crippen molar-refractivity contribution in [1.82, 2.24) is 9.80 Å². The van der Waals surface area contributed by atoms with Crippen molar-refractivity contribution in [3.8, 4) is 0 Å². The van der Waals surface area contributed by atoms with Gasteiger partial charge in [-0.3, -0.25) is 9.69 Å². The summed E-state index contributed by atoms with van der Waals surface area (Å²) in [6.07, 6.45) is -0.937. The Bertz CT molecular complexity index is 815. The lowest BCUT2D eigenvalue weighted by molar-refractivity contribution is -0.137. The Labute approximate surface area is 186 Å². The number of likely N-dealkylation sites (tertiary alicyclic amines) is 1. The molecule has 1 aromatic carbocycles. The molecule has 2 heterocycles. The van der Waals surface area contributed by atoms with Crippen LogP contribution >= 0.6 is 0 Å². The number of aliphatic hydroxyl groups excluding tert-OH is 2. The largest absolute Gasteiger partial charge is 0.416 e. The van der Waals surface area contributed by atoms with Crippen LogP contribution in [0.15, 0.2) is 24.3 Å². The van der Waals surface area contributed by atoms with Gasteiger partial charge in [0.25, 0.3) is 0 Å². The molecule has 1 amide bonds. The summed E-state index contributed by atoms with van der Waals surface area (Å²) in [4.78, 5) is 18.0. The Morgan fingerprint density at radius 2 is 1.91 bits per heavy atom. The predicted octanol–water partition coefficient (Wildman–Crippen LogP) is 2.69. The number of nitrogens with zero attached hydrogens (tertiary/aromatic N) is 3. The molecule has 0 bridgehead atoms. The topological polar surface area (TPSA) is 67.2 Å². The molecule has 0 radical (unpaired) electrons. The Balaban J connectivity index is 1.25. The van der Waals surface area contributed by atoms with Crippen molar-refractivity contribution < 1.29 is 28.2 Å². The molecule has 178 valence electrons. The third-order valence-electron chi connectivity index (χ3n) is 7.34. The molecule has 9 heteroatoms. The Hall–Kier alpha value is -1.84. The fraction of sp³-hybridized carbons (Fsp3) is 0.696. The van der Waals surface area contributed by atoms with Crippen molar-refractivity contribution >= 4 is 11.6 Å². The molecule has 1 aromatic rings. The standard InChI is InChI=1S/C23H32F3N3O3/c24-23(25,26)17-3-1-4-18(15-17)27-11-6-21(32)28(14-13-27)10-2-5-20(31)29-12-9-22(7-8-22)19(30)16-29/h1,3-4,15,19-20,30-31H,2,5-14,16H2/t19-,20?/m1/s1. The maximum Gasteiger partial charge on any atom is 0.416 e. The summed E-state index contributed by atoms with van der Waals surface area (Å²) in [5.74, 6) is -0.0157. The minimum atomic E-state index is -4.39. The summed E-state index contributed by atoms with van der Waals surface area (Å²) < 4.78 is 39.1. The number of carbonyl (C=O) groups excluding carboxylic acids is 1. The van der Waals surface area contributed by atoms with Crippen LogP contribution in [0.2, 0.25) is 0 Å². The zero-order valence-electron chi connectivity index (χ0n) is 18.2.